The summed E-state index contributed by atoms with van der Waals surface area (Å²) < 4.78 is 0. The molecule has 1 heteroatoms. The van der Waals surface area contributed by atoms with Crippen molar-refractivity contribution in [1.29, 1.82) is 0 Å². The zero-order valence-corrected chi connectivity index (χ0v) is 28.4. The maximum atomic E-state index is 2.67. The minimum atomic E-state index is -1.99. The number of rotatable bonds is 6. The van der Waals surface area contributed by atoms with Crippen LogP contribution >= 0.6 is 0 Å². The van der Waals surface area contributed by atoms with Crippen molar-refractivity contribution in [2.24, 2.45) is 11.8 Å². The summed E-state index contributed by atoms with van der Waals surface area (Å²) in [6.45, 7) is 19.5. The molecule has 0 N–H and O–H groups in total. The Morgan fingerprint density at radius 1 is 0.512 bits per heavy atom. The zero-order chi connectivity index (χ0) is 30.5. The Morgan fingerprint density at radius 3 is 1.23 bits per heavy atom. The summed E-state index contributed by atoms with van der Waals surface area (Å²) in [5, 5.41) is 0. The molecular formula is C42H48Si. The summed E-state index contributed by atoms with van der Waals surface area (Å²) in [5.41, 5.74) is 15.9. The highest BCUT2D eigenvalue weighted by molar-refractivity contribution is 6.83. The topological polar surface area (TPSA) is 0 Å². The molecule has 4 aliphatic carbocycles. The average Bonchev–Trinajstić information content (AvgIpc) is 3.34. The van der Waals surface area contributed by atoms with Crippen LogP contribution < -0.4 is 0 Å². The van der Waals surface area contributed by atoms with Gasteiger partial charge in [0.05, 0.1) is 8.07 Å². The molecule has 0 heterocycles. The van der Waals surface area contributed by atoms with E-state index in [1.165, 1.54) is 33.4 Å². The van der Waals surface area contributed by atoms with E-state index in [4.69, 9.17) is 0 Å². The van der Waals surface area contributed by atoms with Crippen molar-refractivity contribution < 1.29 is 0 Å². The molecule has 0 nitrogen and oxygen atoms in total. The van der Waals surface area contributed by atoms with E-state index in [0.717, 1.165) is 0 Å². The molecule has 0 amide bonds. The van der Waals surface area contributed by atoms with Gasteiger partial charge in [-0.1, -0.05) is 161 Å². The molecule has 4 unspecified atom stereocenters. The van der Waals surface area contributed by atoms with Crippen molar-refractivity contribution in [3.05, 3.63) is 165 Å². The maximum Gasteiger partial charge on any atom is 0.0721 e. The second kappa shape index (κ2) is 11.6. The normalized spacial score (nSPS) is 25.3. The molecule has 2 aromatic carbocycles. The fourth-order valence-electron chi connectivity index (χ4n) is 8.40. The second-order valence-electron chi connectivity index (χ2n) is 14.4. The summed E-state index contributed by atoms with van der Waals surface area (Å²) >= 11 is 0. The lowest BCUT2D eigenvalue weighted by molar-refractivity contribution is 0.781. The molecule has 0 aromatic heterocycles. The molecule has 0 fully saturated rings. The monoisotopic (exact) mass is 580 g/mol. The Labute approximate surface area is 261 Å². The summed E-state index contributed by atoms with van der Waals surface area (Å²) in [6.07, 6.45) is 20.1. The van der Waals surface area contributed by atoms with E-state index in [2.05, 4.69) is 164 Å². The largest absolute Gasteiger partial charge is 0.0721 e. The summed E-state index contributed by atoms with van der Waals surface area (Å²) in [5.74, 6) is 1.58. The SMILES string of the molecule is CC1=CC2=C(C=CC(C(C)C)=CC2c2ccccc2)C1[Si](C)(C)C1C(C)=CC2=C1C=CC(C(C)C)=CC2c1ccccc1. The maximum absolute atomic E-state index is 2.67. The molecule has 0 saturated carbocycles. The third-order valence-electron chi connectivity index (χ3n) is 10.4. The van der Waals surface area contributed by atoms with E-state index in [9.17, 15) is 0 Å². The molecule has 0 bridgehead atoms. The smallest absolute Gasteiger partial charge is 0.0692 e. The van der Waals surface area contributed by atoms with E-state index in [1.807, 2.05) is 0 Å². The summed E-state index contributed by atoms with van der Waals surface area (Å²) in [7, 11) is -1.99. The van der Waals surface area contributed by atoms with Gasteiger partial charge in [0.1, 0.15) is 0 Å². The molecule has 4 aliphatic rings. The Bertz CT molecular complexity index is 1520. The third-order valence-corrected chi connectivity index (χ3v) is 14.9. The van der Waals surface area contributed by atoms with Gasteiger partial charge in [0.2, 0.25) is 0 Å². The van der Waals surface area contributed by atoms with Gasteiger partial charge in [-0.05, 0) is 70.2 Å². The van der Waals surface area contributed by atoms with Crippen molar-refractivity contribution in [2.75, 3.05) is 0 Å². The molecule has 6 rings (SSSR count). The number of benzene rings is 2. The Morgan fingerprint density at radius 2 is 0.884 bits per heavy atom. The molecule has 0 spiro atoms. The van der Waals surface area contributed by atoms with E-state index in [-0.39, 0.29) is 0 Å². The summed E-state index contributed by atoms with van der Waals surface area (Å²) in [6, 6.07) is 22.3. The van der Waals surface area contributed by atoms with E-state index >= 15 is 0 Å². The Hall–Kier alpha value is -3.42. The van der Waals surface area contributed by atoms with Crippen LogP contribution in [0.5, 0.6) is 0 Å². The van der Waals surface area contributed by atoms with Crippen LogP contribution in [0.4, 0.5) is 0 Å². The summed E-state index contributed by atoms with van der Waals surface area (Å²) in [4.78, 5) is 0. The molecular weight excluding hydrogens is 533 g/mol. The fourth-order valence-corrected chi connectivity index (χ4v) is 13.4. The number of allylic oxidation sites excluding steroid dienone is 16. The van der Waals surface area contributed by atoms with Crippen molar-refractivity contribution in [3.63, 3.8) is 0 Å². The quantitative estimate of drug-likeness (QED) is 0.298. The standard InChI is InChI=1S/C42H48Si/c1-27(2)33-19-21-35-39(37(25-33)31-15-11-9-12-16-31)23-29(5)41(35)43(7,8)42-30(6)24-40-36(42)22-20-34(28(3)4)26-38(40)32-17-13-10-14-18-32/h9-28,37-38,41-42H,1-8H3. The van der Waals surface area contributed by atoms with Gasteiger partial charge in [-0.25, -0.2) is 0 Å². The van der Waals surface area contributed by atoms with Crippen LogP contribution in [0.15, 0.2) is 154 Å². The predicted molar refractivity (Wildman–Crippen MR) is 189 cm³/mol. The molecule has 0 aliphatic heterocycles. The first-order valence-electron chi connectivity index (χ1n) is 16.3. The second-order valence-corrected chi connectivity index (χ2v) is 19.2. The van der Waals surface area contributed by atoms with Crippen LogP contribution in [-0.4, -0.2) is 8.07 Å². The first-order chi connectivity index (χ1) is 20.6. The van der Waals surface area contributed by atoms with Gasteiger partial charge in [-0.2, -0.15) is 0 Å². The Kier molecular flexibility index (Phi) is 7.98. The number of hydrogen-bond acceptors (Lipinski definition) is 0. The first-order valence-corrected chi connectivity index (χ1v) is 19.5. The lowest BCUT2D eigenvalue weighted by Crippen LogP contribution is -2.39. The minimum Gasteiger partial charge on any atom is -0.0692 e. The fraction of sp³-hybridized carbons (Fsp3) is 0.333. The van der Waals surface area contributed by atoms with Crippen molar-refractivity contribution in [3.8, 4) is 0 Å². The van der Waals surface area contributed by atoms with E-state index < -0.39 is 8.07 Å². The highest BCUT2D eigenvalue weighted by Crippen LogP contribution is 2.58. The van der Waals surface area contributed by atoms with Gasteiger partial charge in [-0.3, -0.25) is 0 Å². The lowest BCUT2D eigenvalue weighted by Gasteiger charge is -2.40. The van der Waals surface area contributed by atoms with Gasteiger partial charge in [-0.15, -0.1) is 0 Å². The Balaban J connectivity index is 1.47. The molecule has 0 radical (unpaired) electrons. The lowest BCUT2D eigenvalue weighted by atomic mass is 9.87. The van der Waals surface area contributed by atoms with Gasteiger partial charge in [0, 0.05) is 22.9 Å². The van der Waals surface area contributed by atoms with Crippen molar-refractivity contribution >= 4 is 8.07 Å². The van der Waals surface area contributed by atoms with Crippen LogP contribution in [-0.2, 0) is 0 Å². The highest BCUT2D eigenvalue weighted by atomic mass is 28.3. The average molecular weight is 581 g/mol. The zero-order valence-electron chi connectivity index (χ0n) is 27.4. The van der Waals surface area contributed by atoms with Crippen molar-refractivity contribution in [1.82, 2.24) is 0 Å². The van der Waals surface area contributed by atoms with Crippen LogP contribution in [0.3, 0.4) is 0 Å². The molecule has 4 atom stereocenters. The predicted octanol–water partition coefficient (Wildman–Crippen LogP) is 11.8. The van der Waals surface area contributed by atoms with Crippen LogP contribution in [0, 0.1) is 11.8 Å². The van der Waals surface area contributed by atoms with E-state index in [1.54, 1.807) is 22.3 Å². The molecule has 2 aromatic rings. The van der Waals surface area contributed by atoms with Gasteiger partial charge in [0.25, 0.3) is 0 Å². The molecule has 220 valence electrons. The minimum absolute atomic E-state index is 0.293. The van der Waals surface area contributed by atoms with E-state index in [0.29, 0.717) is 34.8 Å². The number of hydrogen-bond donors (Lipinski definition) is 0. The van der Waals surface area contributed by atoms with Gasteiger partial charge in [0.15, 0.2) is 0 Å². The van der Waals surface area contributed by atoms with Gasteiger partial charge >= 0.3 is 0 Å². The van der Waals surface area contributed by atoms with Crippen LogP contribution in [0.25, 0.3) is 0 Å². The van der Waals surface area contributed by atoms with Crippen molar-refractivity contribution in [2.45, 2.75) is 77.6 Å². The molecule has 0 saturated heterocycles. The van der Waals surface area contributed by atoms with Crippen LogP contribution in [0.2, 0.25) is 24.2 Å². The first kappa shape index (κ1) is 29.6. The molecule has 43 heavy (non-hydrogen) atoms. The highest BCUT2D eigenvalue weighted by Gasteiger charge is 2.48. The third kappa shape index (κ3) is 5.31. The van der Waals surface area contributed by atoms with Crippen LogP contribution in [0.1, 0.15) is 64.5 Å². The van der Waals surface area contributed by atoms with Gasteiger partial charge < -0.3 is 0 Å².